The molecule has 0 fully saturated rings. The summed E-state index contributed by atoms with van der Waals surface area (Å²) in [5, 5.41) is 4.59. The molecule has 0 bridgehead atoms. The third-order valence-corrected chi connectivity index (χ3v) is 10.6. The molecule has 0 spiro atoms. The summed E-state index contributed by atoms with van der Waals surface area (Å²) >= 11 is 1.84. The van der Waals surface area contributed by atoms with E-state index >= 15 is 0 Å². The van der Waals surface area contributed by atoms with Gasteiger partial charge in [0.1, 0.15) is 11.2 Å². The molecule has 0 atom stereocenters. The molecule has 50 heavy (non-hydrogen) atoms. The molecule has 0 N–H and O–H groups in total. The van der Waals surface area contributed by atoms with Crippen LogP contribution in [0, 0.1) is 0 Å². The maximum absolute atomic E-state index is 6.57. The number of furan rings is 1. The predicted molar refractivity (Wildman–Crippen MR) is 207 cm³/mol. The Morgan fingerprint density at radius 2 is 0.920 bits per heavy atom. The first-order chi connectivity index (χ1) is 24.8. The van der Waals surface area contributed by atoms with E-state index in [2.05, 4.69) is 115 Å². The van der Waals surface area contributed by atoms with E-state index in [4.69, 9.17) is 19.4 Å². The molecule has 10 rings (SSSR count). The van der Waals surface area contributed by atoms with Gasteiger partial charge in [-0.1, -0.05) is 140 Å². The quantitative estimate of drug-likeness (QED) is 0.185. The van der Waals surface area contributed by atoms with Crippen molar-refractivity contribution in [1.82, 2.24) is 15.0 Å². The van der Waals surface area contributed by atoms with Gasteiger partial charge in [0.15, 0.2) is 17.5 Å². The lowest BCUT2D eigenvalue weighted by Crippen LogP contribution is -2.00. The number of aromatic nitrogens is 3. The number of thiophene rings is 1. The molecular weight excluding hydrogens is 631 g/mol. The van der Waals surface area contributed by atoms with Crippen molar-refractivity contribution in [3.8, 4) is 56.4 Å². The van der Waals surface area contributed by atoms with E-state index in [0.717, 1.165) is 55.3 Å². The van der Waals surface area contributed by atoms with Crippen LogP contribution in [0.15, 0.2) is 168 Å². The fourth-order valence-corrected chi connectivity index (χ4v) is 8.28. The van der Waals surface area contributed by atoms with Crippen molar-refractivity contribution in [2.75, 3.05) is 0 Å². The van der Waals surface area contributed by atoms with Crippen LogP contribution in [-0.4, -0.2) is 15.0 Å². The molecular formula is C45H27N3OS. The molecule has 10 aromatic rings. The normalized spacial score (nSPS) is 11.6. The summed E-state index contributed by atoms with van der Waals surface area (Å²) in [5.74, 6) is 1.84. The maximum atomic E-state index is 6.57. The summed E-state index contributed by atoms with van der Waals surface area (Å²) in [6.07, 6.45) is 0. The number of benzene rings is 7. The molecule has 0 aliphatic carbocycles. The lowest BCUT2D eigenvalue weighted by molar-refractivity contribution is 0.669. The zero-order valence-corrected chi connectivity index (χ0v) is 27.6. The molecule has 0 amide bonds. The number of hydrogen-bond donors (Lipinski definition) is 0. The Morgan fingerprint density at radius 3 is 1.72 bits per heavy atom. The van der Waals surface area contributed by atoms with E-state index in [1.165, 1.54) is 25.7 Å². The van der Waals surface area contributed by atoms with Gasteiger partial charge in [0.05, 0.1) is 0 Å². The summed E-state index contributed by atoms with van der Waals surface area (Å²) in [7, 11) is 0. The first kappa shape index (κ1) is 28.6. The van der Waals surface area contributed by atoms with Crippen LogP contribution >= 0.6 is 11.3 Å². The van der Waals surface area contributed by atoms with Crippen molar-refractivity contribution >= 4 is 53.4 Å². The standard InChI is InChI=1S/C45H27N3OS/c1-3-13-28(14-4-1)30-17-9-18-31(27-30)44-46-43(29-15-5-2-6-16-29)47-45(48-44)36-23-12-25-38-41(36)40-33(20-11-24-37(40)49-38)35-22-10-21-34-32-19-7-8-26-39(32)50-42(34)35/h1-27H. The SMILES string of the molecule is c1ccc(-c2cccc(-c3nc(-c4ccccc4)nc(-c4cccc5oc6cccc(-c7cccc8c7sc7ccccc78)c6c45)n3)c2)cc1. The average molecular weight is 658 g/mol. The third-order valence-electron chi connectivity index (χ3n) is 9.35. The van der Waals surface area contributed by atoms with Crippen molar-refractivity contribution < 1.29 is 4.42 Å². The average Bonchev–Trinajstić information content (AvgIpc) is 3.77. The van der Waals surface area contributed by atoms with Crippen molar-refractivity contribution in [2.45, 2.75) is 0 Å². The maximum Gasteiger partial charge on any atom is 0.164 e. The minimum absolute atomic E-state index is 0.599. The van der Waals surface area contributed by atoms with E-state index in [9.17, 15) is 0 Å². The second kappa shape index (κ2) is 11.6. The molecule has 0 radical (unpaired) electrons. The van der Waals surface area contributed by atoms with Gasteiger partial charge in [-0.2, -0.15) is 0 Å². The molecule has 0 aliphatic rings. The lowest BCUT2D eigenvalue weighted by atomic mass is 9.96. The van der Waals surface area contributed by atoms with Gasteiger partial charge in [-0.15, -0.1) is 11.3 Å². The minimum atomic E-state index is 0.599. The van der Waals surface area contributed by atoms with Gasteiger partial charge in [-0.3, -0.25) is 0 Å². The van der Waals surface area contributed by atoms with E-state index in [-0.39, 0.29) is 0 Å². The monoisotopic (exact) mass is 657 g/mol. The Balaban J connectivity index is 1.23. The van der Waals surface area contributed by atoms with Crippen LogP contribution in [0.1, 0.15) is 0 Å². The van der Waals surface area contributed by atoms with Crippen LogP contribution in [0.3, 0.4) is 0 Å². The summed E-state index contributed by atoms with van der Waals surface area (Å²) in [6, 6.07) is 56.7. The van der Waals surface area contributed by atoms with Gasteiger partial charge in [-0.25, -0.2) is 15.0 Å². The molecule has 5 heteroatoms. The van der Waals surface area contributed by atoms with Crippen molar-refractivity contribution in [1.29, 1.82) is 0 Å². The summed E-state index contributed by atoms with van der Waals surface area (Å²) in [4.78, 5) is 15.4. The molecule has 3 aromatic heterocycles. The zero-order chi connectivity index (χ0) is 33.0. The lowest BCUT2D eigenvalue weighted by Gasteiger charge is -2.11. The number of rotatable bonds is 5. The Hall–Kier alpha value is -6.43. The summed E-state index contributed by atoms with van der Waals surface area (Å²) in [6.45, 7) is 0. The highest BCUT2D eigenvalue weighted by Gasteiger charge is 2.21. The largest absolute Gasteiger partial charge is 0.456 e. The first-order valence-corrected chi connectivity index (χ1v) is 17.4. The smallest absolute Gasteiger partial charge is 0.164 e. The van der Waals surface area contributed by atoms with E-state index in [0.29, 0.717) is 17.5 Å². The fraction of sp³-hybridized carbons (Fsp3) is 0. The van der Waals surface area contributed by atoms with Crippen LogP contribution in [-0.2, 0) is 0 Å². The molecule has 0 saturated carbocycles. The van der Waals surface area contributed by atoms with Crippen LogP contribution < -0.4 is 0 Å². The van der Waals surface area contributed by atoms with Crippen LogP contribution in [0.5, 0.6) is 0 Å². The third kappa shape index (κ3) is 4.71. The van der Waals surface area contributed by atoms with Gasteiger partial charge in [0.2, 0.25) is 0 Å². The fourth-order valence-electron chi connectivity index (χ4n) is 7.05. The molecule has 7 aromatic carbocycles. The first-order valence-electron chi connectivity index (χ1n) is 16.6. The molecule has 0 saturated heterocycles. The van der Waals surface area contributed by atoms with Gasteiger partial charge in [0, 0.05) is 53.2 Å². The molecule has 3 heterocycles. The number of fused-ring (bicyclic) bond motifs is 6. The van der Waals surface area contributed by atoms with Crippen LogP contribution in [0.2, 0.25) is 0 Å². The van der Waals surface area contributed by atoms with Crippen molar-refractivity contribution in [3.05, 3.63) is 164 Å². The Bertz CT molecular complexity index is 2870. The minimum Gasteiger partial charge on any atom is -0.456 e. The summed E-state index contributed by atoms with van der Waals surface area (Å²) < 4.78 is 9.12. The summed E-state index contributed by atoms with van der Waals surface area (Å²) in [5.41, 5.74) is 8.93. The Kier molecular flexibility index (Phi) is 6.64. The number of hydrogen-bond acceptors (Lipinski definition) is 5. The zero-order valence-electron chi connectivity index (χ0n) is 26.7. The van der Waals surface area contributed by atoms with Crippen LogP contribution in [0.25, 0.3) is 98.5 Å². The molecule has 4 nitrogen and oxygen atoms in total. The van der Waals surface area contributed by atoms with E-state index in [1.807, 2.05) is 59.9 Å². The van der Waals surface area contributed by atoms with Gasteiger partial charge in [0.25, 0.3) is 0 Å². The highest BCUT2D eigenvalue weighted by Crippen LogP contribution is 2.45. The highest BCUT2D eigenvalue weighted by molar-refractivity contribution is 7.26. The highest BCUT2D eigenvalue weighted by atomic mass is 32.1. The number of nitrogens with zero attached hydrogens (tertiary/aromatic N) is 3. The molecule has 0 aliphatic heterocycles. The Labute approximate surface area is 292 Å². The second-order valence-electron chi connectivity index (χ2n) is 12.4. The Morgan fingerprint density at radius 1 is 0.380 bits per heavy atom. The van der Waals surface area contributed by atoms with Gasteiger partial charge in [-0.05, 0) is 41.0 Å². The van der Waals surface area contributed by atoms with Gasteiger partial charge >= 0.3 is 0 Å². The molecule has 0 unspecified atom stereocenters. The second-order valence-corrected chi connectivity index (χ2v) is 13.4. The van der Waals surface area contributed by atoms with Crippen molar-refractivity contribution in [3.63, 3.8) is 0 Å². The van der Waals surface area contributed by atoms with Crippen molar-refractivity contribution in [2.24, 2.45) is 0 Å². The molecule has 234 valence electrons. The topological polar surface area (TPSA) is 51.8 Å². The van der Waals surface area contributed by atoms with E-state index < -0.39 is 0 Å². The van der Waals surface area contributed by atoms with E-state index in [1.54, 1.807) is 0 Å². The van der Waals surface area contributed by atoms with Gasteiger partial charge < -0.3 is 4.42 Å². The van der Waals surface area contributed by atoms with Crippen LogP contribution in [0.4, 0.5) is 0 Å². The predicted octanol–water partition coefficient (Wildman–Crippen LogP) is 12.5.